The van der Waals surface area contributed by atoms with E-state index in [1.807, 2.05) is 13.8 Å². The number of aliphatic hydroxyl groups excluding tert-OH is 1. The average Bonchev–Trinajstić information content (AvgIpc) is 3.12. The average molecular weight is 317 g/mol. The standard InChI is InChI=1S/C17H19NO5/c1-3-17(2)22-13-11(8-12(19)14(13)23-17)18-15(20)9-6-4-5-7-10(9)16(18)21/h4-7,11-14,19H,3,8H2,1-2H3. The molecule has 0 aromatic heterocycles. The van der Waals surface area contributed by atoms with Crippen LogP contribution in [0.1, 0.15) is 47.4 Å². The lowest BCUT2D eigenvalue weighted by Crippen LogP contribution is -2.46. The Labute approximate surface area is 134 Å². The molecule has 23 heavy (non-hydrogen) atoms. The number of hydrogen-bond acceptors (Lipinski definition) is 5. The van der Waals surface area contributed by atoms with Crippen LogP contribution in [-0.2, 0) is 9.47 Å². The van der Waals surface area contributed by atoms with E-state index in [0.29, 0.717) is 17.5 Å². The molecule has 0 radical (unpaired) electrons. The predicted molar refractivity (Wildman–Crippen MR) is 79.8 cm³/mol. The van der Waals surface area contributed by atoms with Crippen molar-refractivity contribution in [1.29, 1.82) is 0 Å². The van der Waals surface area contributed by atoms with E-state index in [9.17, 15) is 14.7 Å². The molecule has 0 bridgehead atoms. The molecule has 2 amide bonds. The summed E-state index contributed by atoms with van der Waals surface area (Å²) in [6.45, 7) is 3.75. The number of aliphatic hydroxyl groups is 1. The zero-order valence-electron chi connectivity index (χ0n) is 13.1. The number of ether oxygens (including phenoxy) is 2. The quantitative estimate of drug-likeness (QED) is 0.833. The predicted octanol–water partition coefficient (Wildman–Crippen LogP) is 1.33. The van der Waals surface area contributed by atoms with E-state index in [0.717, 1.165) is 0 Å². The number of hydrogen-bond donors (Lipinski definition) is 1. The summed E-state index contributed by atoms with van der Waals surface area (Å²) in [4.78, 5) is 26.5. The Bertz CT molecular complexity index is 654. The lowest BCUT2D eigenvalue weighted by atomic mass is 10.1. The van der Waals surface area contributed by atoms with Gasteiger partial charge in [-0.25, -0.2) is 0 Å². The zero-order valence-corrected chi connectivity index (χ0v) is 13.1. The van der Waals surface area contributed by atoms with Gasteiger partial charge in [0.25, 0.3) is 11.8 Å². The van der Waals surface area contributed by atoms with Crippen molar-refractivity contribution < 1.29 is 24.2 Å². The molecule has 2 heterocycles. The lowest BCUT2D eigenvalue weighted by molar-refractivity contribution is -0.180. The second-order valence-electron chi connectivity index (χ2n) is 6.55. The van der Waals surface area contributed by atoms with Crippen LogP contribution < -0.4 is 0 Å². The van der Waals surface area contributed by atoms with Crippen molar-refractivity contribution in [3.05, 3.63) is 35.4 Å². The van der Waals surface area contributed by atoms with Crippen molar-refractivity contribution in [2.24, 2.45) is 0 Å². The van der Waals surface area contributed by atoms with Gasteiger partial charge in [0.05, 0.1) is 23.3 Å². The normalized spacial score (nSPS) is 39.0. The number of carbonyl (C=O) groups excluding carboxylic acids is 2. The Morgan fingerprint density at radius 1 is 1.17 bits per heavy atom. The first kappa shape index (κ1) is 14.8. The van der Waals surface area contributed by atoms with E-state index in [1.165, 1.54) is 4.90 Å². The SMILES string of the molecule is CCC1(C)OC2C(O)CC(N3C(=O)c4ccccc4C3=O)C2O1. The van der Waals surface area contributed by atoms with Gasteiger partial charge in [0, 0.05) is 0 Å². The third-order valence-corrected chi connectivity index (χ3v) is 5.14. The Balaban J connectivity index is 1.67. The molecule has 3 aliphatic rings. The van der Waals surface area contributed by atoms with Crippen molar-refractivity contribution in [3.8, 4) is 0 Å². The molecule has 4 rings (SSSR count). The molecule has 2 fully saturated rings. The van der Waals surface area contributed by atoms with Crippen LogP contribution in [0.25, 0.3) is 0 Å². The summed E-state index contributed by atoms with van der Waals surface area (Å²) in [5.74, 6) is -1.43. The van der Waals surface area contributed by atoms with E-state index < -0.39 is 30.1 Å². The van der Waals surface area contributed by atoms with Gasteiger partial charge >= 0.3 is 0 Å². The summed E-state index contributed by atoms with van der Waals surface area (Å²) >= 11 is 0. The van der Waals surface area contributed by atoms with Crippen LogP contribution in [-0.4, -0.2) is 52.0 Å². The molecule has 1 N–H and O–H groups in total. The molecule has 5 atom stereocenters. The highest BCUT2D eigenvalue weighted by molar-refractivity contribution is 6.21. The number of imide groups is 1. The molecule has 1 aromatic rings. The first-order chi connectivity index (χ1) is 10.9. The summed E-state index contributed by atoms with van der Waals surface area (Å²) in [6, 6.07) is 6.28. The van der Waals surface area contributed by atoms with Gasteiger partial charge in [0.15, 0.2) is 5.79 Å². The van der Waals surface area contributed by atoms with Gasteiger partial charge in [0.1, 0.15) is 12.2 Å². The molecule has 1 aliphatic carbocycles. The Morgan fingerprint density at radius 3 is 2.30 bits per heavy atom. The first-order valence-corrected chi connectivity index (χ1v) is 7.96. The number of benzene rings is 1. The molecular formula is C17H19NO5. The molecule has 122 valence electrons. The van der Waals surface area contributed by atoms with Crippen molar-refractivity contribution in [2.45, 2.75) is 56.8 Å². The maximum atomic E-state index is 12.6. The summed E-state index contributed by atoms with van der Waals surface area (Å²) in [5, 5.41) is 10.3. The maximum Gasteiger partial charge on any atom is 0.261 e. The van der Waals surface area contributed by atoms with Gasteiger partial charge in [-0.15, -0.1) is 0 Å². The molecule has 1 aromatic carbocycles. The minimum atomic E-state index is -0.784. The lowest BCUT2D eigenvalue weighted by Gasteiger charge is -2.29. The van der Waals surface area contributed by atoms with Gasteiger partial charge in [0.2, 0.25) is 0 Å². The molecule has 2 aliphatic heterocycles. The first-order valence-electron chi connectivity index (χ1n) is 7.96. The maximum absolute atomic E-state index is 12.6. The van der Waals surface area contributed by atoms with Crippen molar-refractivity contribution in [2.75, 3.05) is 0 Å². The van der Waals surface area contributed by atoms with Crippen LogP contribution in [0.4, 0.5) is 0 Å². The van der Waals surface area contributed by atoms with E-state index in [-0.39, 0.29) is 18.2 Å². The van der Waals surface area contributed by atoms with Gasteiger partial charge in [-0.05, 0) is 31.9 Å². The van der Waals surface area contributed by atoms with Gasteiger partial charge in [-0.1, -0.05) is 19.1 Å². The monoisotopic (exact) mass is 317 g/mol. The fraction of sp³-hybridized carbons (Fsp3) is 0.529. The Morgan fingerprint density at radius 2 is 1.74 bits per heavy atom. The van der Waals surface area contributed by atoms with Gasteiger partial charge < -0.3 is 14.6 Å². The van der Waals surface area contributed by atoms with Crippen LogP contribution in [0.5, 0.6) is 0 Å². The summed E-state index contributed by atoms with van der Waals surface area (Å²) in [5.41, 5.74) is 0.820. The topological polar surface area (TPSA) is 76.1 Å². The second-order valence-corrected chi connectivity index (χ2v) is 6.55. The number of rotatable bonds is 2. The third-order valence-electron chi connectivity index (χ3n) is 5.14. The molecule has 5 unspecified atom stereocenters. The molecule has 1 saturated heterocycles. The fourth-order valence-corrected chi connectivity index (χ4v) is 3.78. The molecule has 6 heteroatoms. The van der Waals surface area contributed by atoms with E-state index in [1.54, 1.807) is 24.3 Å². The minimum Gasteiger partial charge on any atom is -0.390 e. The minimum absolute atomic E-state index is 0.278. The summed E-state index contributed by atoms with van der Waals surface area (Å²) in [6.07, 6.45) is -0.837. The molecule has 1 saturated carbocycles. The molecular weight excluding hydrogens is 298 g/mol. The summed E-state index contributed by atoms with van der Waals surface area (Å²) in [7, 11) is 0. The van der Waals surface area contributed by atoms with E-state index in [2.05, 4.69) is 0 Å². The van der Waals surface area contributed by atoms with Crippen LogP contribution in [0.3, 0.4) is 0 Å². The zero-order chi connectivity index (χ0) is 16.4. The number of amides is 2. The van der Waals surface area contributed by atoms with Gasteiger partial charge in [-0.3, -0.25) is 14.5 Å². The number of fused-ring (bicyclic) bond motifs is 2. The highest BCUT2D eigenvalue weighted by atomic mass is 16.8. The van der Waals surface area contributed by atoms with Crippen LogP contribution in [0.2, 0.25) is 0 Å². The van der Waals surface area contributed by atoms with E-state index in [4.69, 9.17) is 9.47 Å². The Hall–Kier alpha value is -1.76. The second kappa shape index (κ2) is 4.87. The van der Waals surface area contributed by atoms with Crippen molar-refractivity contribution in [1.82, 2.24) is 4.90 Å². The smallest absolute Gasteiger partial charge is 0.261 e. The van der Waals surface area contributed by atoms with Gasteiger partial charge in [-0.2, -0.15) is 0 Å². The fourth-order valence-electron chi connectivity index (χ4n) is 3.78. The van der Waals surface area contributed by atoms with E-state index >= 15 is 0 Å². The summed E-state index contributed by atoms with van der Waals surface area (Å²) < 4.78 is 11.8. The Kier molecular flexibility index (Phi) is 3.13. The van der Waals surface area contributed by atoms with Crippen LogP contribution >= 0.6 is 0 Å². The highest BCUT2D eigenvalue weighted by Gasteiger charge is 2.58. The van der Waals surface area contributed by atoms with Crippen LogP contribution in [0, 0.1) is 0 Å². The molecule has 6 nitrogen and oxygen atoms in total. The molecule has 0 spiro atoms. The van der Waals surface area contributed by atoms with Crippen molar-refractivity contribution >= 4 is 11.8 Å². The van der Waals surface area contributed by atoms with Crippen LogP contribution in [0.15, 0.2) is 24.3 Å². The number of nitrogens with zero attached hydrogens (tertiary/aromatic N) is 1. The number of carbonyl (C=O) groups is 2. The highest BCUT2D eigenvalue weighted by Crippen LogP contribution is 2.43. The third kappa shape index (κ3) is 1.99. The largest absolute Gasteiger partial charge is 0.390 e. The van der Waals surface area contributed by atoms with Crippen molar-refractivity contribution in [3.63, 3.8) is 0 Å².